The second-order valence-electron chi connectivity index (χ2n) is 4.80. The van der Waals surface area contributed by atoms with Crippen molar-refractivity contribution >= 4 is 5.91 Å². The summed E-state index contributed by atoms with van der Waals surface area (Å²) < 4.78 is 26.6. The Bertz CT molecular complexity index is 454. The molecule has 0 radical (unpaired) electrons. The van der Waals surface area contributed by atoms with Gasteiger partial charge in [-0.15, -0.1) is 0 Å². The molecule has 1 amide bonds. The van der Waals surface area contributed by atoms with Crippen molar-refractivity contribution in [2.45, 2.75) is 25.9 Å². The zero-order valence-electron chi connectivity index (χ0n) is 10.4. The summed E-state index contributed by atoms with van der Waals surface area (Å²) >= 11 is 0. The zero-order chi connectivity index (χ0) is 13.3. The van der Waals surface area contributed by atoms with E-state index in [1.54, 1.807) is 4.90 Å². The first-order chi connectivity index (χ1) is 8.47. The highest BCUT2D eigenvalue weighted by Gasteiger charge is 2.27. The van der Waals surface area contributed by atoms with Crippen molar-refractivity contribution in [1.82, 2.24) is 10.2 Å². The molecule has 0 spiro atoms. The monoisotopic (exact) mass is 254 g/mol. The van der Waals surface area contributed by atoms with Crippen LogP contribution in [0.4, 0.5) is 8.78 Å². The summed E-state index contributed by atoms with van der Waals surface area (Å²) in [5, 5.41) is 3.28. The van der Waals surface area contributed by atoms with Gasteiger partial charge in [0, 0.05) is 25.2 Å². The van der Waals surface area contributed by atoms with E-state index >= 15 is 0 Å². The third-order valence-electron chi connectivity index (χ3n) is 3.00. The van der Waals surface area contributed by atoms with Gasteiger partial charge in [-0.05, 0) is 32.0 Å². The van der Waals surface area contributed by atoms with Gasteiger partial charge in [0.25, 0.3) is 5.91 Å². The third kappa shape index (κ3) is 2.67. The molecule has 2 rings (SSSR count). The van der Waals surface area contributed by atoms with Crippen molar-refractivity contribution in [2.24, 2.45) is 0 Å². The third-order valence-corrected chi connectivity index (χ3v) is 3.00. The lowest BCUT2D eigenvalue weighted by Crippen LogP contribution is -2.55. The Hall–Kier alpha value is -1.49. The second kappa shape index (κ2) is 5.02. The van der Waals surface area contributed by atoms with Crippen LogP contribution >= 0.6 is 0 Å². The molecule has 0 saturated carbocycles. The van der Waals surface area contributed by atoms with E-state index in [4.69, 9.17) is 0 Å². The molecule has 98 valence electrons. The quantitative estimate of drug-likeness (QED) is 0.828. The summed E-state index contributed by atoms with van der Waals surface area (Å²) in [7, 11) is 0. The first kappa shape index (κ1) is 13.0. The second-order valence-corrected chi connectivity index (χ2v) is 4.80. The molecular formula is C13H16F2N2O. The zero-order valence-corrected chi connectivity index (χ0v) is 10.4. The summed E-state index contributed by atoms with van der Waals surface area (Å²) in [5.74, 6) is -1.73. The largest absolute Gasteiger partial charge is 0.335 e. The molecule has 1 aromatic carbocycles. The molecule has 5 heteroatoms. The van der Waals surface area contributed by atoms with Crippen LogP contribution in [0, 0.1) is 11.6 Å². The van der Waals surface area contributed by atoms with E-state index in [0.717, 1.165) is 18.2 Å². The molecule has 0 bridgehead atoms. The van der Waals surface area contributed by atoms with Crippen LogP contribution in [0.3, 0.4) is 0 Å². The number of carbonyl (C=O) groups excluding carboxylic acids is 1. The van der Waals surface area contributed by atoms with Crippen molar-refractivity contribution in [3.05, 3.63) is 35.4 Å². The number of benzene rings is 1. The molecule has 1 aliphatic rings. The Labute approximate surface area is 105 Å². The molecule has 0 aromatic heterocycles. The Morgan fingerprint density at radius 2 is 1.89 bits per heavy atom. The highest BCUT2D eigenvalue weighted by Crippen LogP contribution is 2.15. The predicted octanol–water partition coefficient (Wildman–Crippen LogP) is 1.79. The topological polar surface area (TPSA) is 32.3 Å². The Morgan fingerprint density at radius 3 is 2.50 bits per heavy atom. The minimum Gasteiger partial charge on any atom is -0.335 e. The van der Waals surface area contributed by atoms with Crippen molar-refractivity contribution in [3.63, 3.8) is 0 Å². The van der Waals surface area contributed by atoms with E-state index < -0.39 is 17.5 Å². The molecule has 18 heavy (non-hydrogen) atoms. The van der Waals surface area contributed by atoms with Crippen LogP contribution < -0.4 is 5.32 Å². The summed E-state index contributed by atoms with van der Waals surface area (Å²) in [5.41, 5.74) is -0.198. The number of nitrogens with zero attached hydrogens (tertiary/aromatic N) is 1. The summed E-state index contributed by atoms with van der Waals surface area (Å²) in [6.07, 6.45) is 0. The highest BCUT2D eigenvalue weighted by molar-refractivity contribution is 5.94. The predicted molar refractivity (Wildman–Crippen MR) is 64.3 cm³/mol. The average Bonchev–Trinajstić information content (AvgIpc) is 2.30. The van der Waals surface area contributed by atoms with Crippen molar-refractivity contribution in [2.75, 3.05) is 13.1 Å². The molecule has 1 heterocycles. The summed E-state index contributed by atoms with van der Waals surface area (Å²) in [4.78, 5) is 13.7. The van der Waals surface area contributed by atoms with Crippen LogP contribution in [0.25, 0.3) is 0 Å². The van der Waals surface area contributed by atoms with E-state index in [-0.39, 0.29) is 17.6 Å². The molecule has 1 saturated heterocycles. The normalized spacial score (nSPS) is 24.1. The van der Waals surface area contributed by atoms with Crippen LogP contribution in [0.5, 0.6) is 0 Å². The number of rotatable bonds is 1. The molecule has 1 aliphatic heterocycles. The molecule has 1 fully saturated rings. The standard InChI is InChI=1S/C13H16F2N2O/c1-8-6-17(7-9(2)16-8)13(18)11-5-10(14)3-4-12(11)15/h3-5,8-9,16H,6-7H2,1-2H3/t8-,9+. The van der Waals surface area contributed by atoms with Crippen LogP contribution in [-0.4, -0.2) is 36.0 Å². The number of piperazine rings is 1. The Kier molecular flexibility index (Phi) is 3.61. The molecule has 0 aliphatic carbocycles. The minimum atomic E-state index is -0.680. The van der Waals surface area contributed by atoms with Gasteiger partial charge in [-0.1, -0.05) is 0 Å². The van der Waals surface area contributed by atoms with Gasteiger partial charge in [-0.25, -0.2) is 8.78 Å². The Balaban J connectivity index is 2.22. The SMILES string of the molecule is C[C@@H]1CN(C(=O)c2cc(F)ccc2F)C[C@H](C)N1. The maximum atomic E-state index is 13.5. The first-order valence-electron chi connectivity index (χ1n) is 5.97. The van der Waals surface area contributed by atoms with Crippen molar-refractivity contribution in [3.8, 4) is 0 Å². The number of carbonyl (C=O) groups is 1. The van der Waals surface area contributed by atoms with Gasteiger partial charge in [0.15, 0.2) is 0 Å². The lowest BCUT2D eigenvalue weighted by atomic mass is 10.1. The van der Waals surface area contributed by atoms with E-state index in [0.29, 0.717) is 13.1 Å². The van der Waals surface area contributed by atoms with Crippen molar-refractivity contribution in [1.29, 1.82) is 0 Å². The molecule has 1 N–H and O–H groups in total. The van der Waals surface area contributed by atoms with E-state index in [9.17, 15) is 13.6 Å². The molecule has 1 aromatic rings. The first-order valence-corrected chi connectivity index (χ1v) is 5.97. The van der Waals surface area contributed by atoms with E-state index in [1.807, 2.05) is 13.8 Å². The van der Waals surface area contributed by atoms with Gasteiger partial charge in [-0.2, -0.15) is 0 Å². The van der Waals surface area contributed by atoms with E-state index in [2.05, 4.69) is 5.32 Å². The van der Waals surface area contributed by atoms with Crippen LogP contribution in [-0.2, 0) is 0 Å². The van der Waals surface area contributed by atoms with Crippen molar-refractivity contribution < 1.29 is 13.6 Å². The van der Waals surface area contributed by atoms with Gasteiger partial charge in [0.1, 0.15) is 11.6 Å². The summed E-state index contributed by atoms with van der Waals surface area (Å²) in [6.45, 7) is 4.91. The molecular weight excluding hydrogens is 238 g/mol. The van der Waals surface area contributed by atoms with Crippen LogP contribution in [0.15, 0.2) is 18.2 Å². The molecule has 0 unspecified atom stereocenters. The van der Waals surface area contributed by atoms with Gasteiger partial charge in [0.2, 0.25) is 0 Å². The van der Waals surface area contributed by atoms with Gasteiger partial charge < -0.3 is 10.2 Å². The maximum absolute atomic E-state index is 13.5. The van der Waals surface area contributed by atoms with Gasteiger partial charge >= 0.3 is 0 Å². The fraction of sp³-hybridized carbons (Fsp3) is 0.462. The number of nitrogens with one attached hydrogen (secondary N) is 1. The van der Waals surface area contributed by atoms with Gasteiger partial charge in [0.05, 0.1) is 5.56 Å². The highest BCUT2D eigenvalue weighted by atomic mass is 19.1. The van der Waals surface area contributed by atoms with E-state index in [1.165, 1.54) is 0 Å². The van der Waals surface area contributed by atoms with Crippen LogP contribution in [0.1, 0.15) is 24.2 Å². The minimum absolute atomic E-state index is 0.148. The van der Waals surface area contributed by atoms with Gasteiger partial charge in [-0.3, -0.25) is 4.79 Å². The molecule has 2 atom stereocenters. The molecule has 3 nitrogen and oxygen atoms in total. The van der Waals surface area contributed by atoms with Crippen LogP contribution in [0.2, 0.25) is 0 Å². The Morgan fingerprint density at radius 1 is 1.28 bits per heavy atom. The fourth-order valence-corrected chi connectivity index (χ4v) is 2.32. The average molecular weight is 254 g/mol. The lowest BCUT2D eigenvalue weighted by molar-refractivity contribution is 0.0668. The maximum Gasteiger partial charge on any atom is 0.257 e. The number of hydrogen-bond donors (Lipinski definition) is 1. The number of hydrogen-bond acceptors (Lipinski definition) is 2. The fourth-order valence-electron chi connectivity index (χ4n) is 2.32. The number of amides is 1. The number of halogens is 2. The smallest absolute Gasteiger partial charge is 0.257 e. The lowest BCUT2D eigenvalue weighted by Gasteiger charge is -2.36. The summed E-state index contributed by atoms with van der Waals surface area (Å²) in [6, 6.07) is 3.24.